The van der Waals surface area contributed by atoms with Gasteiger partial charge in [0.25, 0.3) is 5.91 Å². The number of nitrogens with one attached hydrogen (secondary N) is 1. The maximum absolute atomic E-state index is 12.5. The number of nitrogens with zero attached hydrogens (tertiary/aromatic N) is 4. The Morgan fingerprint density at radius 3 is 2.77 bits per heavy atom. The van der Waals surface area contributed by atoms with Gasteiger partial charge < -0.3 is 10.2 Å². The van der Waals surface area contributed by atoms with Gasteiger partial charge in [-0.2, -0.15) is 0 Å². The fourth-order valence-corrected chi connectivity index (χ4v) is 3.81. The number of likely N-dealkylation sites (N-methyl/N-ethyl adjacent to an activating group) is 1. The number of carbonyl (C=O) groups excluding carboxylic acids is 1. The van der Waals surface area contributed by atoms with Gasteiger partial charge in [0.15, 0.2) is 0 Å². The number of rotatable bonds is 4. The number of aromatic nitrogens is 2. The number of anilines is 1. The Labute approximate surface area is 154 Å². The molecule has 6 heteroatoms. The molecule has 0 aliphatic carbocycles. The minimum Gasteiger partial charge on any atom is -0.367 e. The highest BCUT2D eigenvalue weighted by Crippen LogP contribution is 2.22. The van der Waals surface area contributed by atoms with Gasteiger partial charge in [0.05, 0.1) is 12.4 Å². The summed E-state index contributed by atoms with van der Waals surface area (Å²) in [6, 6.07) is 9.01. The van der Waals surface area contributed by atoms with E-state index in [4.69, 9.17) is 0 Å². The molecule has 0 saturated carbocycles. The summed E-state index contributed by atoms with van der Waals surface area (Å²) in [5, 5.41) is 3.38. The second kappa shape index (κ2) is 7.41. The van der Waals surface area contributed by atoms with E-state index < -0.39 is 0 Å². The molecule has 1 saturated heterocycles. The summed E-state index contributed by atoms with van der Waals surface area (Å²) >= 11 is 0. The van der Waals surface area contributed by atoms with Crippen molar-refractivity contribution in [2.75, 3.05) is 32.0 Å². The smallest absolute Gasteiger partial charge is 0.274 e. The number of likely N-dealkylation sites (tertiary alicyclic amines) is 1. The molecule has 0 bridgehead atoms. The molecule has 1 N–H and O–H groups in total. The summed E-state index contributed by atoms with van der Waals surface area (Å²) < 4.78 is 0. The lowest BCUT2D eigenvalue weighted by Gasteiger charge is -2.34. The number of hydrogen-bond donors (Lipinski definition) is 1. The Balaban J connectivity index is 1.40. The fourth-order valence-electron chi connectivity index (χ4n) is 3.81. The van der Waals surface area contributed by atoms with Gasteiger partial charge in [-0.1, -0.05) is 24.3 Å². The van der Waals surface area contributed by atoms with Crippen molar-refractivity contribution in [3.05, 3.63) is 53.5 Å². The second-order valence-electron chi connectivity index (χ2n) is 7.21. The van der Waals surface area contributed by atoms with Crippen molar-refractivity contribution in [3.63, 3.8) is 0 Å². The van der Waals surface area contributed by atoms with Crippen LogP contribution in [0.1, 0.15) is 34.5 Å². The first-order chi connectivity index (χ1) is 12.7. The number of carbonyl (C=O) groups is 1. The van der Waals surface area contributed by atoms with Crippen LogP contribution in [0.4, 0.5) is 5.82 Å². The monoisotopic (exact) mass is 351 g/mol. The molecule has 0 unspecified atom stereocenters. The summed E-state index contributed by atoms with van der Waals surface area (Å²) in [6.45, 7) is 3.39. The van der Waals surface area contributed by atoms with E-state index >= 15 is 0 Å². The highest BCUT2D eigenvalue weighted by atomic mass is 16.2. The van der Waals surface area contributed by atoms with Crippen molar-refractivity contribution in [1.29, 1.82) is 0 Å². The molecule has 0 spiro atoms. The van der Waals surface area contributed by atoms with Crippen LogP contribution in [0.2, 0.25) is 0 Å². The third-order valence-electron chi connectivity index (χ3n) is 5.38. The Morgan fingerprint density at radius 2 is 1.96 bits per heavy atom. The molecule has 1 fully saturated rings. The predicted molar refractivity (Wildman–Crippen MR) is 101 cm³/mol. The van der Waals surface area contributed by atoms with E-state index in [0.29, 0.717) is 17.6 Å². The number of hydrogen-bond acceptors (Lipinski definition) is 5. The SMILES string of the molecule is CN1Cc2ccccc2C[C@H]1CNc1cncc(C(=O)N2CCCC2)n1. The van der Waals surface area contributed by atoms with Gasteiger partial charge in [0, 0.05) is 32.2 Å². The molecular formula is C20H25N5O. The second-order valence-corrected chi connectivity index (χ2v) is 7.21. The fraction of sp³-hybridized carbons (Fsp3) is 0.450. The molecule has 1 atom stereocenters. The third kappa shape index (κ3) is 3.55. The minimum atomic E-state index is -0.0117. The first-order valence-electron chi connectivity index (χ1n) is 9.33. The van der Waals surface area contributed by atoms with Crippen LogP contribution in [0.15, 0.2) is 36.7 Å². The largest absolute Gasteiger partial charge is 0.367 e. The Morgan fingerprint density at radius 1 is 1.19 bits per heavy atom. The van der Waals surface area contributed by atoms with Crippen LogP contribution < -0.4 is 5.32 Å². The van der Waals surface area contributed by atoms with E-state index in [2.05, 4.69) is 51.5 Å². The topological polar surface area (TPSA) is 61.4 Å². The van der Waals surface area contributed by atoms with E-state index in [9.17, 15) is 4.79 Å². The van der Waals surface area contributed by atoms with E-state index in [1.807, 2.05) is 4.90 Å². The van der Waals surface area contributed by atoms with Gasteiger partial charge in [-0.25, -0.2) is 4.98 Å². The van der Waals surface area contributed by atoms with Crippen LogP contribution in [-0.2, 0) is 13.0 Å². The summed E-state index contributed by atoms with van der Waals surface area (Å²) in [5.74, 6) is 0.657. The zero-order chi connectivity index (χ0) is 17.9. The normalized spacial score (nSPS) is 20.0. The van der Waals surface area contributed by atoms with E-state index in [-0.39, 0.29) is 5.91 Å². The minimum absolute atomic E-state index is 0.0117. The highest BCUT2D eigenvalue weighted by Gasteiger charge is 2.24. The summed E-state index contributed by atoms with van der Waals surface area (Å²) in [5.41, 5.74) is 3.25. The van der Waals surface area contributed by atoms with Crippen LogP contribution in [0.25, 0.3) is 0 Å². The highest BCUT2D eigenvalue weighted by molar-refractivity contribution is 5.92. The van der Waals surface area contributed by atoms with Crippen LogP contribution in [0.3, 0.4) is 0 Å². The van der Waals surface area contributed by atoms with Crippen molar-refractivity contribution in [3.8, 4) is 0 Å². The summed E-state index contributed by atoms with van der Waals surface area (Å²) in [7, 11) is 2.15. The molecule has 2 aromatic rings. The van der Waals surface area contributed by atoms with E-state index in [1.165, 1.54) is 11.1 Å². The van der Waals surface area contributed by atoms with Crippen molar-refractivity contribution in [2.24, 2.45) is 0 Å². The maximum atomic E-state index is 12.5. The van der Waals surface area contributed by atoms with Crippen molar-refractivity contribution >= 4 is 11.7 Å². The number of fused-ring (bicyclic) bond motifs is 1. The quantitative estimate of drug-likeness (QED) is 0.915. The van der Waals surface area contributed by atoms with Crippen molar-refractivity contribution in [2.45, 2.75) is 31.8 Å². The molecular weight excluding hydrogens is 326 g/mol. The molecule has 1 aromatic carbocycles. The first-order valence-corrected chi connectivity index (χ1v) is 9.33. The predicted octanol–water partition coefficient (Wildman–Crippen LogP) is 2.18. The van der Waals surface area contributed by atoms with Crippen LogP contribution in [-0.4, -0.2) is 58.4 Å². The number of benzene rings is 1. The van der Waals surface area contributed by atoms with Gasteiger partial charge in [-0.15, -0.1) is 0 Å². The molecule has 2 aliphatic rings. The average molecular weight is 351 g/mol. The van der Waals surface area contributed by atoms with Gasteiger partial charge in [0.2, 0.25) is 0 Å². The zero-order valence-corrected chi connectivity index (χ0v) is 15.2. The van der Waals surface area contributed by atoms with E-state index in [0.717, 1.165) is 45.4 Å². The molecule has 136 valence electrons. The average Bonchev–Trinajstić information content (AvgIpc) is 3.21. The zero-order valence-electron chi connectivity index (χ0n) is 15.2. The maximum Gasteiger partial charge on any atom is 0.274 e. The Kier molecular flexibility index (Phi) is 4.84. The lowest BCUT2D eigenvalue weighted by atomic mass is 9.94. The lowest BCUT2D eigenvalue weighted by molar-refractivity contribution is 0.0786. The molecule has 1 amide bonds. The van der Waals surface area contributed by atoms with Crippen molar-refractivity contribution < 1.29 is 4.79 Å². The molecule has 2 aliphatic heterocycles. The molecule has 1 aromatic heterocycles. The molecule has 3 heterocycles. The van der Waals surface area contributed by atoms with Crippen LogP contribution in [0, 0.1) is 0 Å². The van der Waals surface area contributed by atoms with Gasteiger partial charge in [0.1, 0.15) is 11.5 Å². The van der Waals surface area contributed by atoms with E-state index in [1.54, 1.807) is 12.4 Å². The van der Waals surface area contributed by atoms with Crippen LogP contribution >= 0.6 is 0 Å². The van der Waals surface area contributed by atoms with Gasteiger partial charge in [-0.05, 0) is 37.4 Å². The van der Waals surface area contributed by atoms with Gasteiger partial charge >= 0.3 is 0 Å². The lowest BCUT2D eigenvalue weighted by Crippen LogP contribution is -2.42. The first kappa shape index (κ1) is 17.0. The Hall–Kier alpha value is -2.47. The Bertz CT molecular complexity index is 787. The number of amides is 1. The van der Waals surface area contributed by atoms with Crippen LogP contribution in [0.5, 0.6) is 0 Å². The molecule has 0 radical (unpaired) electrons. The van der Waals surface area contributed by atoms with Crippen molar-refractivity contribution in [1.82, 2.24) is 19.8 Å². The third-order valence-corrected chi connectivity index (χ3v) is 5.38. The standard InChI is InChI=1S/C20H25N5O/c1-24-14-16-7-3-2-6-15(16)10-17(24)11-22-19-13-21-12-18(23-19)20(26)25-8-4-5-9-25/h2-3,6-7,12-13,17H,4-5,8-11,14H2,1H3,(H,22,23)/t17-/m0/s1. The molecule has 26 heavy (non-hydrogen) atoms. The summed E-state index contributed by atoms with van der Waals surface area (Å²) in [4.78, 5) is 25.4. The molecule has 6 nitrogen and oxygen atoms in total. The van der Waals surface area contributed by atoms with Gasteiger partial charge in [-0.3, -0.25) is 14.7 Å². The molecule has 4 rings (SSSR count). The summed E-state index contributed by atoms with van der Waals surface area (Å²) in [6.07, 6.45) is 6.42.